The van der Waals surface area contributed by atoms with Crippen molar-refractivity contribution in [3.8, 4) is 12.3 Å². The van der Waals surface area contributed by atoms with Crippen LogP contribution in [0.25, 0.3) is 0 Å². The molecule has 0 aliphatic carbocycles. The number of anilines is 2. The molecule has 3 aromatic carbocycles. The van der Waals surface area contributed by atoms with Crippen molar-refractivity contribution in [1.29, 1.82) is 0 Å². The van der Waals surface area contributed by atoms with E-state index in [1.165, 1.54) is 11.9 Å². The van der Waals surface area contributed by atoms with Crippen molar-refractivity contribution in [2.24, 2.45) is 0 Å². The van der Waals surface area contributed by atoms with Gasteiger partial charge in [0.05, 0.1) is 0 Å². The zero-order chi connectivity index (χ0) is 23.1. The number of terminal acetylenes is 1. The maximum absolute atomic E-state index is 13.4. The third-order valence-corrected chi connectivity index (χ3v) is 4.92. The molecule has 0 saturated carbocycles. The molecular formula is C26H23N3O3. The van der Waals surface area contributed by atoms with Crippen molar-refractivity contribution < 1.29 is 14.4 Å². The van der Waals surface area contributed by atoms with Crippen molar-refractivity contribution in [3.05, 3.63) is 95.1 Å². The Morgan fingerprint density at radius 1 is 0.938 bits per heavy atom. The molecule has 3 aromatic rings. The van der Waals surface area contributed by atoms with Crippen LogP contribution in [0.4, 0.5) is 11.4 Å². The van der Waals surface area contributed by atoms with Gasteiger partial charge in [0.25, 0.3) is 11.8 Å². The Bertz CT molecular complexity index is 1200. The maximum Gasteiger partial charge on any atom is 0.258 e. The molecule has 0 unspecified atom stereocenters. The van der Waals surface area contributed by atoms with Crippen LogP contribution in [0.15, 0.2) is 72.8 Å². The van der Waals surface area contributed by atoms with Crippen LogP contribution in [-0.2, 0) is 4.79 Å². The van der Waals surface area contributed by atoms with Gasteiger partial charge in [-0.1, -0.05) is 36.3 Å². The van der Waals surface area contributed by atoms with Gasteiger partial charge in [-0.2, -0.15) is 0 Å². The standard InChI is InChI=1S/C26H23N3O3/c1-4-19-9-8-12-22(15-19)29(17-24(30)27-3)26(32)21-14-13-18(2)23(16-21)28-25(31)20-10-6-5-7-11-20/h1,5-16H,17H2,2-3H3,(H,27,30)(H,28,31). The molecule has 0 aromatic heterocycles. The summed E-state index contributed by atoms with van der Waals surface area (Å²) in [5, 5.41) is 5.39. The average Bonchev–Trinajstić information content (AvgIpc) is 2.83. The van der Waals surface area contributed by atoms with Gasteiger partial charge < -0.3 is 10.6 Å². The van der Waals surface area contributed by atoms with Gasteiger partial charge in [0.1, 0.15) is 6.54 Å². The smallest absolute Gasteiger partial charge is 0.258 e. The molecule has 2 N–H and O–H groups in total. The number of aryl methyl sites for hydroxylation is 1. The van der Waals surface area contributed by atoms with Gasteiger partial charge in [0.2, 0.25) is 5.91 Å². The second-order valence-corrected chi connectivity index (χ2v) is 7.11. The molecule has 3 amide bonds. The molecule has 6 heteroatoms. The van der Waals surface area contributed by atoms with E-state index >= 15 is 0 Å². The Labute approximate surface area is 187 Å². The van der Waals surface area contributed by atoms with Gasteiger partial charge in [0, 0.05) is 35.1 Å². The van der Waals surface area contributed by atoms with Gasteiger partial charge in [-0.05, 0) is 55.0 Å². The number of hydrogen-bond donors (Lipinski definition) is 2. The highest BCUT2D eigenvalue weighted by Crippen LogP contribution is 2.23. The van der Waals surface area contributed by atoms with Crippen LogP contribution >= 0.6 is 0 Å². The maximum atomic E-state index is 13.4. The van der Waals surface area contributed by atoms with E-state index in [0.29, 0.717) is 28.1 Å². The van der Waals surface area contributed by atoms with E-state index < -0.39 is 5.91 Å². The van der Waals surface area contributed by atoms with Gasteiger partial charge in [-0.15, -0.1) is 6.42 Å². The monoisotopic (exact) mass is 425 g/mol. The zero-order valence-corrected chi connectivity index (χ0v) is 17.9. The van der Waals surface area contributed by atoms with E-state index in [1.54, 1.807) is 66.7 Å². The summed E-state index contributed by atoms with van der Waals surface area (Å²) in [6.07, 6.45) is 5.49. The number of benzene rings is 3. The summed E-state index contributed by atoms with van der Waals surface area (Å²) in [4.78, 5) is 39.4. The Hall–Kier alpha value is -4.37. The molecule has 0 saturated heterocycles. The number of nitrogens with zero attached hydrogens (tertiary/aromatic N) is 1. The van der Waals surface area contributed by atoms with Crippen molar-refractivity contribution >= 4 is 29.1 Å². The molecule has 32 heavy (non-hydrogen) atoms. The van der Waals surface area contributed by atoms with Crippen molar-refractivity contribution in [1.82, 2.24) is 5.32 Å². The first kappa shape index (κ1) is 22.3. The summed E-state index contributed by atoms with van der Waals surface area (Å²) in [6.45, 7) is 1.66. The highest BCUT2D eigenvalue weighted by molar-refractivity contribution is 6.10. The second-order valence-electron chi connectivity index (χ2n) is 7.11. The first-order chi connectivity index (χ1) is 15.4. The Kier molecular flexibility index (Phi) is 7.04. The van der Waals surface area contributed by atoms with Gasteiger partial charge >= 0.3 is 0 Å². The van der Waals surface area contributed by atoms with E-state index in [9.17, 15) is 14.4 Å². The van der Waals surface area contributed by atoms with Crippen molar-refractivity contribution in [2.45, 2.75) is 6.92 Å². The van der Waals surface area contributed by atoms with Crippen LogP contribution < -0.4 is 15.5 Å². The highest BCUT2D eigenvalue weighted by atomic mass is 16.2. The molecule has 0 aliphatic rings. The van der Waals surface area contributed by atoms with E-state index in [0.717, 1.165) is 5.56 Å². The topological polar surface area (TPSA) is 78.5 Å². The van der Waals surface area contributed by atoms with Crippen LogP contribution in [0.5, 0.6) is 0 Å². The third kappa shape index (κ3) is 5.21. The second kappa shape index (κ2) is 10.1. The zero-order valence-electron chi connectivity index (χ0n) is 17.9. The average molecular weight is 425 g/mol. The molecule has 0 spiro atoms. The fourth-order valence-electron chi connectivity index (χ4n) is 3.10. The molecule has 0 fully saturated rings. The lowest BCUT2D eigenvalue weighted by atomic mass is 10.1. The number of amides is 3. The fourth-order valence-corrected chi connectivity index (χ4v) is 3.10. The Morgan fingerprint density at radius 3 is 2.38 bits per heavy atom. The summed E-state index contributed by atoms with van der Waals surface area (Å²) in [6, 6.07) is 20.7. The highest BCUT2D eigenvalue weighted by Gasteiger charge is 2.22. The molecule has 3 rings (SSSR count). The molecule has 0 radical (unpaired) electrons. The van der Waals surface area contributed by atoms with E-state index in [1.807, 2.05) is 13.0 Å². The molecule has 0 atom stereocenters. The van der Waals surface area contributed by atoms with Crippen LogP contribution in [-0.4, -0.2) is 31.3 Å². The largest absolute Gasteiger partial charge is 0.358 e. The van der Waals surface area contributed by atoms with Crippen molar-refractivity contribution in [3.63, 3.8) is 0 Å². The quantitative estimate of drug-likeness (QED) is 0.592. The molecule has 0 aliphatic heterocycles. The summed E-state index contributed by atoms with van der Waals surface area (Å²) in [5.41, 5.74) is 3.26. The van der Waals surface area contributed by atoms with E-state index in [2.05, 4.69) is 16.6 Å². The SMILES string of the molecule is C#Cc1cccc(N(CC(=O)NC)C(=O)c2ccc(C)c(NC(=O)c3ccccc3)c2)c1. The third-order valence-electron chi connectivity index (χ3n) is 4.92. The van der Waals surface area contributed by atoms with E-state index in [4.69, 9.17) is 6.42 Å². The van der Waals surface area contributed by atoms with Crippen molar-refractivity contribution in [2.75, 3.05) is 23.8 Å². The normalized spacial score (nSPS) is 10.0. The summed E-state index contributed by atoms with van der Waals surface area (Å²) >= 11 is 0. The molecular weight excluding hydrogens is 402 g/mol. The number of nitrogens with one attached hydrogen (secondary N) is 2. The number of hydrogen-bond acceptors (Lipinski definition) is 3. The molecule has 0 heterocycles. The predicted molar refractivity (Wildman–Crippen MR) is 126 cm³/mol. The van der Waals surface area contributed by atoms with Crippen LogP contribution in [0, 0.1) is 19.3 Å². The molecule has 160 valence electrons. The minimum Gasteiger partial charge on any atom is -0.358 e. The molecule has 6 nitrogen and oxygen atoms in total. The Balaban J connectivity index is 1.94. The number of carbonyl (C=O) groups excluding carboxylic acids is 3. The minimum atomic E-state index is -0.391. The summed E-state index contributed by atoms with van der Waals surface area (Å²) in [5.74, 6) is 1.54. The van der Waals surface area contributed by atoms with Crippen LogP contribution in [0.1, 0.15) is 31.8 Å². The Morgan fingerprint density at radius 2 is 1.69 bits per heavy atom. The van der Waals surface area contributed by atoms with Crippen LogP contribution in [0.3, 0.4) is 0 Å². The lowest BCUT2D eigenvalue weighted by Gasteiger charge is -2.23. The van der Waals surface area contributed by atoms with Crippen LogP contribution in [0.2, 0.25) is 0 Å². The van der Waals surface area contributed by atoms with E-state index in [-0.39, 0.29) is 18.4 Å². The first-order valence-corrected chi connectivity index (χ1v) is 9.99. The molecule has 0 bridgehead atoms. The van der Waals surface area contributed by atoms with Gasteiger partial charge in [-0.3, -0.25) is 19.3 Å². The predicted octanol–water partition coefficient (Wildman–Crippen LogP) is 3.62. The summed E-state index contributed by atoms with van der Waals surface area (Å²) in [7, 11) is 1.51. The number of likely N-dealkylation sites (N-methyl/N-ethyl adjacent to an activating group) is 1. The number of carbonyl (C=O) groups is 3. The fraction of sp³-hybridized carbons (Fsp3) is 0.115. The van der Waals surface area contributed by atoms with Gasteiger partial charge in [0.15, 0.2) is 0 Å². The summed E-state index contributed by atoms with van der Waals surface area (Å²) < 4.78 is 0. The minimum absolute atomic E-state index is 0.178. The van der Waals surface area contributed by atoms with Gasteiger partial charge in [-0.25, -0.2) is 0 Å². The lowest BCUT2D eigenvalue weighted by molar-refractivity contribution is -0.119. The number of rotatable bonds is 6. The lowest BCUT2D eigenvalue weighted by Crippen LogP contribution is -2.39. The first-order valence-electron chi connectivity index (χ1n) is 9.99.